The van der Waals surface area contributed by atoms with Gasteiger partial charge in [0.05, 0.1) is 6.10 Å². The standard InChI is InChI=1S/C15H22OS2/c1-10-6-11(2)13(12(3)7-10)8-14(16)15-9-17-4-5-18-15/h6-7,14-16H,4-5,8-9H2,1-3H3. The molecular formula is C15H22OS2. The van der Waals surface area contributed by atoms with Crippen molar-refractivity contribution in [1.82, 2.24) is 0 Å². The fraction of sp³-hybridized carbons (Fsp3) is 0.600. The number of benzene rings is 1. The summed E-state index contributed by atoms with van der Waals surface area (Å²) in [6, 6.07) is 4.44. The van der Waals surface area contributed by atoms with E-state index in [1.807, 2.05) is 23.5 Å². The normalized spacial score (nSPS) is 21.9. The van der Waals surface area contributed by atoms with Gasteiger partial charge in [0.2, 0.25) is 0 Å². The van der Waals surface area contributed by atoms with Crippen LogP contribution in [0.3, 0.4) is 0 Å². The molecule has 1 aromatic rings. The summed E-state index contributed by atoms with van der Waals surface area (Å²) in [6.07, 6.45) is 0.596. The minimum Gasteiger partial charge on any atom is -0.392 e. The highest BCUT2D eigenvalue weighted by Gasteiger charge is 2.23. The Kier molecular flexibility index (Phi) is 5.05. The first-order chi connectivity index (χ1) is 8.58. The Bertz CT molecular complexity index is 388. The number of hydrogen-bond acceptors (Lipinski definition) is 3. The fourth-order valence-electron chi connectivity index (χ4n) is 2.60. The van der Waals surface area contributed by atoms with Gasteiger partial charge in [-0.2, -0.15) is 23.5 Å². The van der Waals surface area contributed by atoms with Crippen LogP contribution in [0.4, 0.5) is 0 Å². The van der Waals surface area contributed by atoms with E-state index in [9.17, 15) is 5.11 Å². The molecule has 1 saturated heterocycles. The lowest BCUT2D eigenvalue weighted by molar-refractivity contribution is 0.177. The average Bonchev–Trinajstić information content (AvgIpc) is 2.34. The van der Waals surface area contributed by atoms with Crippen LogP contribution in [0.1, 0.15) is 22.3 Å². The smallest absolute Gasteiger partial charge is 0.0707 e. The van der Waals surface area contributed by atoms with Gasteiger partial charge in [0.1, 0.15) is 0 Å². The molecular weight excluding hydrogens is 260 g/mol. The van der Waals surface area contributed by atoms with Gasteiger partial charge >= 0.3 is 0 Å². The Morgan fingerprint density at radius 2 is 1.89 bits per heavy atom. The maximum absolute atomic E-state index is 10.4. The van der Waals surface area contributed by atoms with Crippen LogP contribution in [-0.4, -0.2) is 33.7 Å². The first-order valence-corrected chi connectivity index (χ1v) is 8.72. The lowest BCUT2D eigenvalue weighted by atomic mass is 9.94. The molecule has 0 amide bonds. The van der Waals surface area contributed by atoms with Gasteiger partial charge in [0, 0.05) is 22.5 Å². The predicted octanol–water partition coefficient (Wildman–Crippen LogP) is 3.36. The van der Waals surface area contributed by atoms with Gasteiger partial charge in [-0.25, -0.2) is 0 Å². The van der Waals surface area contributed by atoms with Crippen LogP contribution in [0, 0.1) is 20.8 Å². The largest absolute Gasteiger partial charge is 0.392 e. The molecule has 2 atom stereocenters. The van der Waals surface area contributed by atoms with Crippen molar-refractivity contribution in [2.75, 3.05) is 17.3 Å². The zero-order valence-corrected chi connectivity index (χ0v) is 13.0. The highest BCUT2D eigenvalue weighted by Crippen LogP contribution is 2.29. The van der Waals surface area contributed by atoms with E-state index in [-0.39, 0.29) is 6.10 Å². The number of hydrogen-bond donors (Lipinski definition) is 1. The van der Waals surface area contributed by atoms with Gasteiger partial charge in [0.25, 0.3) is 0 Å². The van der Waals surface area contributed by atoms with Crippen LogP contribution >= 0.6 is 23.5 Å². The van der Waals surface area contributed by atoms with Crippen LogP contribution < -0.4 is 0 Å². The van der Waals surface area contributed by atoms with Crippen LogP contribution in [-0.2, 0) is 6.42 Å². The molecule has 0 saturated carbocycles. The molecule has 0 aliphatic carbocycles. The minimum atomic E-state index is -0.206. The van der Waals surface area contributed by atoms with Gasteiger partial charge < -0.3 is 5.11 Å². The monoisotopic (exact) mass is 282 g/mol. The van der Waals surface area contributed by atoms with Gasteiger partial charge in [0.15, 0.2) is 0 Å². The van der Waals surface area contributed by atoms with Gasteiger partial charge in [-0.3, -0.25) is 0 Å². The van der Waals surface area contributed by atoms with Crippen molar-refractivity contribution in [2.24, 2.45) is 0 Å². The van der Waals surface area contributed by atoms with E-state index < -0.39 is 0 Å². The van der Waals surface area contributed by atoms with Gasteiger partial charge in [-0.1, -0.05) is 17.7 Å². The number of aliphatic hydroxyl groups is 1. The molecule has 1 N–H and O–H groups in total. The highest BCUT2D eigenvalue weighted by atomic mass is 32.2. The van der Waals surface area contributed by atoms with Crippen molar-refractivity contribution >= 4 is 23.5 Å². The highest BCUT2D eigenvalue weighted by molar-refractivity contribution is 8.06. The molecule has 1 nitrogen and oxygen atoms in total. The Morgan fingerprint density at radius 1 is 1.22 bits per heavy atom. The van der Waals surface area contributed by atoms with Gasteiger partial charge in [-0.15, -0.1) is 0 Å². The second-order valence-corrected chi connectivity index (χ2v) is 7.63. The average molecular weight is 282 g/mol. The third kappa shape index (κ3) is 3.46. The zero-order valence-electron chi connectivity index (χ0n) is 11.4. The lowest BCUT2D eigenvalue weighted by Gasteiger charge is -2.26. The molecule has 1 heterocycles. The lowest BCUT2D eigenvalue weighted by Crippen LogP contribution is -2.31. The van der Waals surface area contributed by atoms with Crippen LogP contribution in [0.2, 0.25) is 0 Å². The molecule has 0 spiro atoms. The summed E-state index contributed by atoms with van der Waals surface area (Å²) in [4.78, 5) is 0. The summed E-state index contributed by atoms with van der Waals surface area (Å²) in [5, 5.41) is 10.8. The topological polar surface area (TPSA) is 20.2 Å². The maximum Gasteiger partial charge on any atom is 0.0707 e. The molecule has 2 rings (SSSR count). The summed E-state index contributed by atoms with van der Waals surface area (Å²) in [5.74, 6) is 3.50. The molecule has 1 fully saturated rings. The van der Waals surface area contributed by atoms with E-state index in [0.29, 0.717) is 5.25 Å². The van der Waals surface area contributed by atoms with E-state index in [1.165, 1.54) is 33.8 Å². The Balaban J connectivity index is 2.08. The number of aryl methyl sites for hydroxylation is 3. The molecule has 100 valence electrons. The summed E-state index contributed by atoms with van der Waals surface area (Å²) in [6.45, 7) is 6.45. The first-order valence-electron chi connectivity index (χ1n) is 6.52. The SMILES string of the molecule is Cc1cc(C)c(CC(O)C2CSCCS2)c(C)c1. The van der Waals surface area contributed by atoms with E-state index in [2.05, 4.69) is 32.9 Å². The first kappa shape index (κ1) is 14.3. The molecule has 18 heavy (non-hydrogen) atoms. The third-order valence-corrected chi connectivity index (χ3v) is 6.43. The van der Waals surface area contributed by atoms with Crippen LogP contribution in [0.15, 0.2) is 12.1 Å². The van der Waals surface area contributed by atoms with E-state index in [1.54, 1.807) is 0 Å². The minimum absolute atomic E-state index is 0.206. The zero-order chi connectivity index (χ0) is 13.1. The molecule has 0 bridgehead atoms. The Labute approximate surface area is 119 Å². The molecule has 0 radical (unpaired) electrons. The van der Waals surface area contributed by atoms with Crippen LogP contribution in [0.5, 0.6) is 0 Å². The van der Waals surface area contributed by atoms with Crippen LogP contribution in [0.25, 0.3) is 0 Å². The molecule has 1 aliphatic rings. The summed E-state index contributed by atoms with van der Waals surface area (Å²) >= 11 is 3.91. The van der Waals surface area contributed by atoms with Crippen molar-refractivity contribution in [1.29, 1.82) is 0 Å². The van der Waals surface area contributed by atoms with Crippen molar-refractivity contribution in [3.8, 4) is 0 Å². The fourth-order valence-corrected chi connectivity index (χ4v) is 5.37. The van der Waals surface area contributed by atoms with E-state index in [0.717, 1.165) is 12.2 Å². The predicted molar refractivity (Wildman–Crippen MR) is 83.9 cm³/mol. The number of aliphatic hydroxyl groups excluding tert-OH is 1. The summed E-state index contributed by atoms with van der Waals surface area (Å²) in [7, 11) is 0. The summed E-state index contributed by atoms with van der Waals surface area (Å²) < 4.78 is 0. The van der Waals surface area contributed by atoms with E-state index >= 15 is 0 Å². The second kappa shape index (κ2) is 6.36. The molecule has 1 aliphatic heterocycles. The quantitative estimate of drug-likeness (QED) is 0.918. The molecule has 3 heteroatoms. The van der Waals surface area contributed by atoms with Crippen molar-refractivity contribution in [3.05, 3.63) is 34.4 Å². The molecule has 0 aromatic heterocycles. The Hall–Kier alpha value is -0.120. The van der Waals surface area contributed by atoms with Crippen molar-refractivity contribution < 1.29 is 5.11 Å². The Morgan fingerprint density at radius 3 is 2.44 bits per heavy atom. The van der Waals surface area contributed by atoms with Gasteiger partial charge in [-0.05, 0) is 43.9 Å². The van der Waals surface area contributed by atoms with Crippen molar-refractivity contribution in [2.45, 2.75) is 38.5 Å². The van der Waals surface area contributed by atoms with E-state index in [4.69, 9.17) is 0 Å². The number of rotatable bonds is 3. The second-order valence-electron chi connectivity index (χ2n) is 5.13. The third-order valence-electron chi connectivity index (χ3n) is 3.52. The molecule has 2 unspecified atom stereocenters. The summed E-state index contributed by atoms with van der Waals surface area (Å²) in [5.41, 5.74) is 5.29. The molecule has 1 aromatic carbocycles. The number of thioether (sulfide) groups is 2. The maximum atomic E-state index is 10.4. The van der Waals surface area contributed by atoms with Crippen molar-refractivity contribution in [3.63, 3.8) is 0 Å².